The Morgan fingerprint density at radius 1 is 1.00 bits per heavy atom. The fourth-order valence-electron chi connectivity index (χ4n) is 2.46. The van der Waals surface area contributed by atoms with Crippen LogP contribution in [0.2, 0.25) is 5.02 Å². The maximum atomic E-state index is 12.6. The van der Waals surface area contributed by atoms with E-state index in [-0.39, 0.29) is 16.4 Å². The zero-order valence-corrected chi connectivity index (χ0v) is 17.4. The van der Waals surface area contributed by atoms with E-state index in [1.165, 1.54) is 25.5 Å². The normalized spacial score (nSPS) is 11.3. The summed E-state index contributed by atoms with van der Waals surface area (Å²) in [5.74, 6) is -0.305. The molecule has 0 fully saturated rings. The summed E-state index contributed by atoms with van der Waals surface area (Å²) in [6, 6.07) is 18.8. The Labute approximate surface area is 179 Å². The highest BCUT2D eigenvalue weighted by Crippen LogP contribution is 2.32. The number of benzene rings is 3. The summed E-state index contributed by atoms with van der Waals surface area (Å²) < 4.78 is 35.8. The van der Waals surface area contributed by atoms with E-state index in [9.17, 15) is 13.2 Å². The van der Waals surface area contributed by atoms with Gasteiger partial charge in [0, 0.05) is 16.1 Å². The molecule has 1 N–H and O–H groups in total. The summed E-state index contributed by atoms with van der Waals surface area (Å²) in [4.78, 5) is 12.1. The van der Waals surface area contributed by atoms with E-state index in [0.29, 0.717) is 16.1 Å². The lowest BCUT2D eigenvalue weighted by atomic mass is 10.2. The van der Waals surface area contributed by atoms with Crippen LogP contribution in [0, 0.1) is 0 Å². The van der Waals surface area contributed by atoms with Gasteiger partial charge in [0.25, 0.3) is 5.91 Å². The van der Waals surface area contributed by atoms with Gasteiger partial charge in [-0.15, -0.1) is 0 Å². The molecular weight excluding hydrogens is 428 g/mol. The number of carbonyl (C=O) groups excluding carboxylic acids is 1. The predicted octanol–water partition coefficient (Wildman–Crippen LogP) is 3.88. The number of hydrogen-bond donors (Lipinski definition) is 1. The van der Waals surface area contributed by atoms with E-state index in [1.807, 2.05) is 0 Å². The van der Waals surface area contributed by atoms with Gasteiger partial charge in [0.15, 0.2) is 11.5 Å². The van der Waals surface area contributed by atoms with Crippen LogP contribution in [0.1, 0.15) is 15.9 Å². The Hall–Kier alpha value is -3.36. The number of methoxy groups -OCH3 is 1. The molecule has 0 aliphatic rings. The third-order valence-corrected chi connectivity index (χ3v) is 5.42. The van der Waals surface area contributed by atoms with Crippen LogP contribution < -0.4 is 14.3 Å². The Morgan fingerprint density at radius 3 is 2.37 bits per heavy atom. The van der Waals surface area contributed by atoms with Crippen molar-refractivity contribution in [2.45, 2.75) is 4.90 Å². The standard InChI is InChI=1S/C21H17ClN2O5S/c1-28-19-9-5-6-16(14-23-24-21(25)15-10-12-17(22)13-11-15)20(19)29-30(26,27)18-7-3-2-4-8-18/h2-14H,1H3,(H,24,25). The van der Waals surface area contributed by atoms with E-state index in [4.69, 9.17) is 20.5 Å². The summed E-state index contributed by atoms with van der Waals surface area (Å²) in [6.07, 6.45) is 1.27. The van der Waals surface area contributed by atoms with Gasteiger partial charge < -0.3 is 8.92 Å². The Bertz CT molecular complexity index is 1160. The number of amides is 1. The Kier molecular flexibility index (Phi) is 6.71. The molecular formula is C21H17ClN2O5S. The van der Waals surface area contributed by atoms with Crippen LogP contribution in [0.25, 0.3) is 0 Å². The molecule has 154 valence electrons. The number of ether oxygens (including phenoxy) is 1. The molecule has 0 saturated heterocycles. The minimum atomic E-state index is -4.10. The molecule has 0 aromatic heterocycles. The molecule has 0 atom stereocenters. The number of para-hydroxylation sites is 1. The lowest BCUT2D eigenvalue weighted by Crippen LogP contribution is -2.17. The largest absolute Gasteiger partial charge is 0.493 e. The second-order valence-corrected chi connectivity index (χ2v) is 7.92. The monoisotopic (exact) mass is 444 g/mol. The molecule has 7 nitrogen and oxygen atoms in total. The molecule has 3 aromatic carbocycles. The predicted molar refractivity (Wildman–Crippen MR) is 114 cm³/mol. The molecule has 0 aliphatic carbocycles. The van der Waals surface area contributed by atoms with Gasteiger partial charge in [0.05, 0.1) is 13.3 Å². The first-order valence-electron chi connectivity index (χ1n) is 8.66. The van der Waals surface area contributed by atoms with E-state index >= 15 is 0 Å². The highest BCUT2D eigenvalue weighted by atomic mass is 35.5. The zero-order valence-electron chi connectivity index (χ0n) is 15.8. The number of hydrogen-bond acceptors (Lipinski definition) is 6. The highest BCUT2D eigenvalue weighted by molar-refractivity contribution is 7.87. The van der Waals surface area contributed by atoms with E-state index < -0.39 is 16.0 Å². The van der Waals surface area contributed by atoms with Crippen molar-refractivity contribution >= 4 is 33.8 Å². The molecule has 9 heteroatoms. The van der Waals surface area contributed by atoms with Crippen molar-refractivity contribution in [3.05, 3.63) is 88.9 Å². The molecule has 1 amide bonds. The number of halogens is 1. The van der Waals surface area contributed by atoms with Crippen molar-refractivity contribution in [3.63, 3.8) is 0 Å². The van der Waals surface area contributed by atoms with Crippen molar-refractivity contribution in [1.82, 2.24) is 5.43 Å². The van der Waals surface area contributed by atoms with Crippen molar-refractivity contribution in [2.24, 2.45) is 5.10 Å². The molecule has 0 heterocycles. The fourth-order valence-corrected chi connectivity index (χ4v) is 3.57. The second kappa shape index (κ2) is 9.43. The minimum absolute atomic E-state index is 0.00478. The van der Waals surface area contributed by atoms with Gasteiger partial charge in [-0.1, -0.05) is 35.9 Å². The van der Waals surface area contributed by atoms with Crippen LogP contribution >= 0.6 is 11.6 Å². The van der Waals surface area contributed by atoms with Gasteiger partial charge in [-0.3, -0.25) is 4.79 Å². The third-order valence-electron chi connectivity index (χ3n) is 3.93. The van der Waals surface area contributed by atoms with E-state index in [2.05, 4.69) is 10.5 Å². The van der Waals surface area contributed by atoms with E-state index in [1.54, 1.807) is 60.7 Å². The average Bonchev–Trinajstić information content (AvgIpc) is 2.75. The van der Waals surface area contributed by atoms with Crippen LogP contribution in [-0.4, -0.2) is 27.6 Å². The van der Waals surface area contributed by atoms with Crippen molar-refractivity contribution in [1.29, 1.82) is 0 Å². The zero-order chi connectivity index (χ0) is 21.6. The average molecular weight is 445 g/mol. The first-order valence-corrected chi connectivity index (χ1v) is 10.4. The number of carbonyl (C=O) groups is 1. The van der Waals surface area contributed by atoms with Gasteiger partial charge in [0.1, 0.15) is 4.90 Å². The summed E-state index contributed by atoms with van der Waals surface area (Å²) in [5.41, 5.74) is 3.03. The molecule has 30 heavy (non-hydrogen) atoms. The van der Waals surface area contributed by atoms with Crippen LogP contribution in [0.15, 0.2) is 82.8 Å². The number of rotatable bonds is 7. The molecule has 0 bridgehead atoms. The molecule has 0 radical (unpaired) electrons. The van der Waals surface area contributed by atoms with Gasteiger partial charge in [0.2, 0.25) is 0 Å². The first kappa shape index (κ1) is 21.4. The van der Waals surface area contributed by atoms with Gasteiger partial charge in [-0.05, 0) is 48.5 Å². The Morgan fingerprint density at radius 2 is 1.70 bits per heavy atom. The summed E-state index contributed by atoms with van der Waals surface area (Å²) in [5, 5.41) is 4.40. The highest BCUT2D eigenvalue weighted by Gasteiger charge is 2.21. The topological polar surface area (TPSA) is 94.1 Å². The van der Waals surface area contributed by atoms with Gasteiger partial charge >= 0.3 is 10.1 Å². The lowest BCUT2D eigenvalue weighted by molar-refractivity contribution is 0.0955. The molecule has 0 unspecified atom stereocenters. The quantitative estimate of drug-likeness (QED) is 0.339. The van der Waals surface area contributed by atoms with Gasteiger partial charge in [-0.2, -0.15) is 13.5 Å². The summed E-state index contributed by atoms with van der Waals surface area (Å²) >= 11 is 5.81. The van der Waals surface area contributed by atoms with Crippen LogP contribution in [0.4, 0.5) is 0 Å². The number of nitrogens with zero attached hydrogens (tertiary/aromatic N) is 1. The molecule has 3 aromatic rings. The third kappa shape index (κ3) is 5.16. The van der Waals surface area contributed by atoms with Crippen molar-refractivity contribution in [2.75, 3.05) is 7.11 Å². The fraction of sp³-hybridized carbons (Fsp3) is 0.0476. The summed E-state index contributed by atoms with van der Waals surface area (Å²) in [6.45, 7) is 0. The number of nitrogens with one attached hydrogen (secondary N) is 1. The smallest absolute Gasteiger partial charge is 0.339 e. The van der Waals surface area contributed by atoms with Crippen LogP contribution in [0.5, 0.6) is 11.5 Å². The van der Waals surface area contributed by atoms with E-state index in [0.717, 1.165) is 0 Å². The molecule has 3 rings (SSSR count). The molecule has 0 spiro atoms. The molecule has 0 saturated carbocycles. The maximum absolute atomic E-state index is 12.6. The van der Waals surface area contributed by atoms with Gasteiger partial charge in [-0.25, -0.2) is 5.43 Å². The lowest BCUT2D eigenvalue weighted by Gasteiger charge is -2.13. The Balaban J connectivity index is 1.84. The van der Waals surface area contributed by atoms with Crippen LogP contribution in [0.3, 0.4) is 0 Å². The van der Waals surface area contributed by atoms with Crippen molar-refractivity contribution < 1.29 is 22.1 Å². The SMILES string of the molecule is COc1cccc(C=NNC(=O)c2ccc(Cl)cc2)c1OS(=O)(=O)c1ccccc1. The maximum Gasteiger partial charge on any atom is 0.339 e. The number of hydrazone groups is 1. The van der Waals surface area contributed by atoms with Crippen molar-refractivity contribution in [3.8, 4) is 11.5 Å². The summed E-state index contributed by atoms with van der Waals surface area (Å²) in [7, 11) is -2.71. The minimum Gasteiger partial charge on any atom is -0.493 e. The second-order valence-electron chi connectivity index (χ2n) is 5.94. The molecule has 0 aliphatic heterocycles. The van der Waals surface area contributed by atoms with Crippen LogP contribution in [-0.2, 0) is 10.1 Å². The first-order chi connectivity index (χ1) is 14.4.